The molecule has 0 aromatic heterocycles. The van der Waals surface area contributed by atoms with E-state index in [1.54, 1.807) is 0 Å². The minimum Gasteiger partial charge on any atom is -0.314 e. The Bertz CT molecular complexity index is 96.1. The zero-order chi connectivity index (χ0) is 9.94. The molecule has 1 nitrogen and oxygen atoms in total. The predicted molar refractivity (Wildman–Crippen MR) is 56.8 cm³/mol. The van der Waals surface area contributed by atoms with Crippen LogP contribution in [-0.2, 0) is 0 Å². The van der Waals surface area contributed by atoms with Crippen LogP contribution < -0.4 is 5.32 Å². The van der Waals surface area contributed by atoms with Crippen LogP contribution in [0.3, 0.4) is 0 Å². The van der Waals surface area contributed by atoms with Gasteiger partial charge in [0.1, 0.15) is 0 Å². The Morgan fingerprint density at radius 3 is 2.38 bits per heavy atom. The average molecular weight is 189 g/mol. The number of rotatable bonds is 9. The van der Waals surface area contributed by atoms with E-state index in [0.717, 1.165) is 6.54 Å². The first kappa shape index (κ1) is 12.9. The predicted octanol–water partition coefficient (Wildman–Crippen LogP) is 3.29. The number of hydrogen-bond acceptors (Lipinski definition) is 1. The van der Waals surface area contributed by atoms with Crippen LogP contribution in [0, 0.1) is 0 Å². The van der Waals surface area contributed by atoms with E-state index < -0.39 is 0 Å². The third-order valence-electron chi connectivity index (χ3n) is 2.29. The second-order valence-corrected chi connectivity index (χ2v) is 3.62. The lowest BCUT2D eigenvalue weighted by Crippen LogP contribution is -2.30. The van der Waals surface area contributed by atoms with E-state index in [4.69, 9.17) is 0 Å². The molecular formula is C11H24FN. The summed E-state index contributed by atoms with van der Waals surface area (Å²) >= 11 is 0. The van der Waals surface area contributed by atoms with Gasteiger partial charge >= 0.3 is 0 Å². The van der Waals surface area contributed by atoms with Gasteiger partial charge in [-0.15, -0.1) is 0 Å². The van der Waals surface area contributed by atoms with Gasteiger partial charge in [-0.1, -0.05) is 33.1 Å². The van der Waals surface area contributed by atoms with Crippen molar-refractivity contribution in [3.05, 3.63) is 0 Å². The summed E-state index contributed by atoms with van der Waals surface area (Å²) in [5, 5.41) is 3.42. The third kappa shape index (κ3) is 8.23. The van der Waals surface area contributed by atoms with E-state index >= 15 is 0 Å². The molecule has 0 aromatic carbocycles. The fourth-order valence-corrected chi connectivity index (χ4v) is 1.52. The maximum atomic E-state index is 11.8. The Morgan fingerprint density at radius 2 is 1.85 bits per heavy atom. The van der Waals surface area contributed by atoms with Crippen LogP contribution in [0.2, 0.25) is 0 Å². The highest BCUT2D eigenvalue weighted by Crippen LogP contribution is 2.06. The Labute approximate surface area is 82.1 Å². The van der Waals surface area contributed by atoms with E-state index in [-0.39, 0.29) is 6.67 Å². The van der Waals surface area contributed by atoms with Gasteiger partial charge in [0.2, 0.25) is 0 Å². The molecule has 80 valence electrons. The molecule has 0 rings (SSSR count). The Morgan fingerprint density at radius 1 is 1.08 bits per heavy atom. The van der Waals surface area contributed by atoms with Crippen molar-refractivity contribution in [1.29, 1.82) is 0 Å². The molecule has 1 unspecified atom stereocenters. The SMILES string of the molecule is CCCCC(CCC)NCCCF. The van der Waals surface area contributed by atoms with Gasteiger partial charge in [-0.25, -0.2) is 0 Å². The Kier molecular flexibility index (Phi) is 9.89. The molecule has 0 amide bonds. The zero-order valence-corrected chi connectivity index (χ0v) is 9.11. The van der Waals surface area contributed by atoms with Crippen LogP contribution in [0.15, 0.2) is 0 Å². The zero-order valence-electron chi connectivity index (χ0n) is 9.11. The summed E-state index contributed by atoms with van der Waals surface area (Å²) in [6.45, 7) is 5.06. The monoisotopic (exact) mass is 189 g/mol. The maximum Gasteiger partial charge on any atom is 0.0906 e. The smallest absolute Gasteiger partial charge is 0.0906 e. The van der Waals surface area contributed by atoms with Crippen molar-refractivity contribution in [3.8, 4) is 0 Å². The standard InChI is InChI=1S/C11H24FN/c1-3-5-8-11(7-4-2)13-10-6-9-12/h11,13H,3-10H2,1-2H3. The summed E-state index contributed by atoms with van der Waals surface area (Å²) in [5.74, 6) is 0. The molecule has 2 heteroatoms. The van der Waals surface area contributed by atoms with E-state index in [2.05, 4.69) is 19.2 Å². The van der Waals surface area contributed by atoms with Crippen molar-refractivity contribution in [2.24, 2.45) is 0 Å². The summed E-state index contributed by atoms with van der Waals surface area (Å²) in [7, 11) is 0. The quantitative estimate of drug-likeness (QED) is 0.549. The maximum absolute atomic E-state index is 11.8. The molecule has 0 saturated heterocycles. The van der Waals surface area contributed by atoms with Crippen molar-refractivity contribution in [2.75, 3.05) is 13.2 Å². The number of unbranched alkanes of at least 4 members (excludes halogenated alkanes) is 1. The molecule has 0 aliphatic rings. The molecular weight excluding hydrogens is 165 g/mol. The van der Waals surface area contributed by atoms with E-state index in [9.17, 15) is 4.39 Å². The minimum atomic E-state index is -0.195. The fraction of sp³-hybridized carbons (Fsp3) is 1.00. The van der Waals surface area contributed by atoms with Crippen molar-refractivity contribution in [3.63, 3.8) is 0 Å². The number of alkyl halides is 1. The molecule has 0 heterocycles. The van der Waals surface area contributed by atoms with Gasteiger partial charge in [0.05, 0.1) is 6.67 Å². The normalized spacial score (nSPS) is 13.2. The topological polar surface area (TPSA) is 12.0 Å². The number of hydrogen-bond donors (Lipinski definition) is 1. The molecule has 0 spiro atoms. The summed E-state index contributed by atoms with van der Waals surface area (Å²) in [6.07, 6.45) is 6.89. The summed E-state index contributed by atoms with van der Waals surface area (Å²) < 4.78 is 11.8. The highest BCUT2D eigenvalue weighted by Gasteiger charge is 2.04. The molecule has 0 aromatic rings. The van der Waals surface area contributed by atoms with Gasteiger partial charge in [0.15, 0.2) is 0 Å². The van der Waals surface area contributed by atoms with Crippen molar-refractivity contribution >= 4 is 0 Å². The summed E-state index contributed by atoms with van der Waals surface area (Å²) in [4.78, 5) is 0. The Balaban J connectivity index is 3.41. The second-order valence-electron chi connectivity index (χ2n) is 3.62. The molecule has 1 atom stereocenters. The third-order valence-corrected chi connectivity index (χ3v) is 2.29. The lowest BCUT2D eigenvalue weighted by molar-refractivity contribution is 0.403. The van der Waals surface area contributed by atoms with Gasteiger partial charge in [0, 0.05) is 6.04 Å². The molecule has 0 saturated carbocycles. The largest absolute Gasteiger partial charge is 0.314 e. The summed E-state index contributed by atoms with van der Waals surface area (Å²) in [5.41, 5.74) is 0. The van der Waals surface area contributed by atoms with Crippen molar-refractivity contribution < 1.29 is 4.39 Å². The first-order valence-corrected chi connectivity index (χ1v) is 5.64. The molecule has 0 aliphatic carbocycles. The van der Waals surface area contributed by atoms with Crippen LogP contribution in [0.5, 0.6) is 0 Å². The average Bonchev–Trinajstić information content (AvgIpc) is 2.14. The van der Waals surface area contributed by atoms with Crippen LogP contribution >= 0.6 is 0 Å². The van der Waals surface area contributed by atoms with Crippen LogP contribution in [0.4, 0.5) is 4.39 Å². The molecule has 0 bridgehead atoms. The van der Waals surface area contributed by atoms with E-state index in [1.165, 1.54) is 32.1 Å². The lowest BCUT2D eigenvalue weighted by Gasteiger charge is -2.17. The van der Waals surface area contributed by atoms with E-state index in [1.807, 2.05) is 0 Å². The summed E-state index contributed by atoms with van der Waals surface area (Å²) in [6, 6.07) is 0.622. The first-order chi connectivity index (χ1) is 6.35. The van der Waals surface area contributed by atoms with Crippen LogP contribution in [0.25, 0.3) is 0 Å². The minimum absolute atomic E-state index is 0.195. The molecule has 0 fully saturated rings. The molecule has 13 heavy (non-hydrogen) atoms. The highest BCUT2D eigenvalue weighted by atomic mass is 19.1. The van der Waals surface area contributed by atoms with Gasteiger partial charge in [-0.2, -0.15) is 0 Å². The number of halogens is 1. The molecule has 0 aliphatic heterocycles. The fourth-order valence-electron chi connectivity index (χ4n) is 1.52. The molecule has 1 N–H and O–H groups in total. The molecule has 0 radical (unpaired) electrons. The van der Waals surface area contributed by atoms with Gasteiger partial charge in [0.25, 0.3) is 0 Å². The van der Waals surface area contributed by atoms with Crippen molar-refractivity contribution in [2.45, 2.75) is 58.4 Å². The van der Waals surface area contributed by atoms with Gasteiger partial charge in [-0.05, 0) is 25.8 Å². The van der Waals surface area contributed by atoms with Gasteiger partial charge in [-0.3, -0.25) is 4.39 Å². The highest BCUT2D eigenvalue weighted by molar-refractivity contribution is 4.65. The van der Waals surface area contributed by atoms with Gasteiger partial charge < -0.3 is 5.32 Å². The van der Waals surface area contributed by atoms with Crippen molar-refractivity contribution in [1.82, 2.24) is 5.32 Å². The first-order valence-electron chi connectivity index (χ1n) is 5.64. The lowest BCUT2D eigenvalue weighted by atomic mass is 10.1. The number of nitrogens with one attached hydrogen (secondary N) is 1. The van der Waals surface area contributed by atoms with Crippen LogP contribution in [0.1, 0.15) is 52.4 Å². The Hall–Kier alpha value is -0.110. The van der Waals surface area contributed by atoms with Crippen LogP contribution in [-0.4, -0.2) is 19.3 Å². The second kappa shape index (κ2) is 9.97. The van der Waals surface area contributed by atoms with E-state index in [0.29, 0.717) is 12.5 Å².